The number of ether oxygens (including phenoxy) is 1. The Bertz CT molecular complexity index is 353. The number of nitrogens with one attached hydrogen (secondary N) is 1. The molecule has 0 aromatic heterocycles. The molecule has 2 saturated heterocycles. The third-order valence-corrected chi connectivity index (χ3v) is 3.96. The summed E-state index contributed by atoms with van der Waals surface area (Å²) < 4.78 is 5.62. The molecule has 0 radical (unpaired) electrons. The van der Waals surface area contributed by atoms with E-state index in [4.69, 9.17) is 9.84 Å². The monoisotopic (exact) mass is 270 g/mol. The van der Waals surface area contributed by atoms with Gasteiger partial charge in [-0.1, -0.05) is 0 Å². The van der Waals surface area contributed by atoms with Gasteiger partial charge in [0.25, 0.3) is 0 Å². The van der Waals surface area contributed by atoms with Crippen LogP contribution in [0.2, 0.25) is 0 Å². The minimum Gasteiger partial charge on any atom is -0.481 e. The smallest absolute Gasteiger partial charge is 0.317 e. The molecule has 6 nitrogen and oxygen atoms in total. The molecule has 0 spiro atoms. The normalized spacial score (nSPS) is 30.6. The Morgan fingerprint density at radius 3 is 2.89 bits per heavy atom. The lowest BCUT2D eigenvalue weighted by Crippen LogP contribution is -2.48. The molecular formula is C13H22N2O4. The Morgan fingerprint density at radius 2 is 2.26 bits per heavy atom. The minimum absolute atomic E-state index is 0.0290. The van der Waals surface area contributed by atoms with E-state index in [2.05, 4.69) is 5.32 Å². The van der Waals surface area contributed by atoms with E-state index < -0.39 is 5.97 Å². The zero-order chi connectivity index (χ0) is 13.9. The molecule has 2 aliphatic rings. The number of rotatable bonds is 4. The summed E-state index contributed by atoms with van der Waals surface area (Å²) in [4.78, 5) is 24.5. The molecule has 2 fully saturated rings. The lowest BCUT2D eigenvalue weighted by molar-refractivity contribution is -0.137. The third kappa shape index (κ3) is 3.59. The van der Waals surface area contributed by atoms with Crippen LogP contribution in [0, 0.1) is 0 Å². The maximum Gasteiger partial charge on any atom is 0.317 e. The van der Waals surface area contributed by atoms with Gasteiger partial charge in [-0.25, -0.2) is 4.79 Å². The lowest BCUT2D eigenvalue weighted by atomic mass is 10.0. The van der Waals surface area contributed by atoms with Crippen LogP contribution in [0.15, 0.2) is 0 Å². The number of carbonyl (C=O) groups excluding carboxylic acids is 1. The zero-order valence-corrected chi connectivity index (χ0v) is 11.4. The Hall–Kier alpha value is -1.30. The molecule has 2 rings (SSSR count). The summed E-state index contributed by atoms with van der Waals surface area (Å²) in [6.07, 6.45) is 3.65. The van der Waals surface area contributed by atoms with Gasteiger partial charge in [0, 0.05) is 25.7 Å². The summed E-state index contributed by atoms with van der Waals surface area (Å²) >= 11 is 0. The van der Waals surface area contributed by atoms with Gasteiger partial charge in [-0.15, -0.1) is 0 Å². The Morgan fingerprint density at radius 1 is 1.47 bits per heavy atom. The minimum atomic E-state index is -0.851. The van der Waals surface area contributed by atoms with Gasteiger partial charge in [0.15, 0.2) is 0 Å². The number of carboxylic acids is 1. The highest BCUT2D eigenvalue weighted by Gasteiger charge is 2.33. The lowest BCUT2D eigenvalue weighted by Gasteiger charge is -2.28. The third-order valence-electron chi connectivity index (χ3n) is 3.96. The number of nitrogens with zero attached hydrogens (tertiary/aromatic N) is 1. The molecule has 2 unspecified atom stereocenters. The van der Waals surface area contributed by atoms with E-state index in [1.807, 2.05) is 6.92 Å². The first kappa shape index (κ1) is 14.1. The van der Waals surface area contributed by atoms with E-state index >= 15 is 0 Å². The first-order chi connectivity index (χ1) is 9.00. The molecule has 2 aliphatic heterocycles. The van der Waals surface area contributed by atoms with Gasteiger partial charge >= 0.3 is 12.0 Å². The van der Waals surface area contributed by atoms with E-state index in [1.54, 1.807) is 4.90 Å². The van der Waals surface area contributed by atoms with Gasteiger partial charge in [0.05, 0.1) is 12.0 Å². The number of aliphatic carboxylic acids is 1. The van der Waals surface area contributed by atoms with Crippen LogP contribution in [0.5, 0.6) is 0 Å². The van der Waals surface area contributed by atoms with Crippen LogP contribution in [0.1, 0.15) is 39.0 Å². The van der Waals surface area contributed by atoms with E-state index in [0.29, 0.717) is 13.1 Å². The van der Waals surface area contributed by atoms with Gasteiger partial charge in [0.1, 0.15) is 0 Å². The Kier molecular flexibility index (Phi) is 4.29. The summed E-state index contributed by atoms with van der Waals surface area (Å²) in [6, 6.07) is -0.338. The van der Waals surface area contributed by atoms with E-state index in [0.717, 1.165) is 32.3 Å². The summed E-state index contributed by atoms with van der Waals surface area (Å²) in [7, 11) is 0. The fraction of sp³-hybridized carbons (Fsp3) is 0.846. The molecule has 2 atom stereocenters. The van der Waals surface area contributed by atoms with Crippen LogP contribution in [0.25, 0.3) is 0 Å². The Balaban J connectivity index is 1.83. The molecule has 0 bridgehead atoms. The van der Waals surface area contributed by atoms with Crippen LogP contribution in [0.4, 0.5) is 4.79 Å². The van der Waals surface area contributed by atoms with Gasteiger partial charge in [-0.3, -0.25) is 4.79 Å². The topological polar surface area (TPSA) is 78.9 Å². The van der Waals surface area contributed by atoms with Crippen molar-refractivity contribution in [3.63, 3.8) is 0 Å². The van der Waals surface area contributed by atoms with E-state index in [-0.39, 0.29) is 24.1 Å². The van der Waals surface area contributed by atoms with Crippen molar-refractivity contribution >= 4 is 12.0 Å². The van der Waals surface area contributed by atoms with Crippen molar-refractivity contribution in [1.82, 2.24) is 10.2 Å². The van der Waals surface area contributed by atoms with Crippen LogP contribution in [-0.4, -0.2) is 53.3 Å². The molecule has 0 saturated carbocycles. The molecular weight excluding hydrogens is 248 g/mol. The molecule has 6 heteroatoms. The van der Waals surface area contributed by atoms with Crippen molar-refractivity contribution in [2.45, 2.75) is 50.7 Å². The molecule has 0 aromatic carbocycles. The van der Waals surface area contributed by atoms with Gasteiger partial charge in [-0.2, -0.15) is 0 Å². The number of likely N-dealkylation sites (tertiary alicyclic amines) is 1. The first-order valence-corrected chi connectivity index (χ1v) is 6.90. The standard InChI is InChI=1S/C13H22N2O4/c1-13(5-3-7-19-13)9-14-12(18)15-6-2-4-10(15)8-11(16)17/h10H,2-9H2,1H3,(H,14,18)(H,16,17). The average molecular weight is 270 g/mol. The predicted molar refractivity (Wildman–Crippen MR) is 69.0 cm³/mol. The number of carboxylic acid groups (broad SMARTS) is 1. The maximum absolute atomic E-state index is 12.1. The molecule has 2 amide bonds. The number of urea groups is 1. The number of amides is 2. The number of hydrogen-bond donors (Lipinski definition) is 2. The van der Waals surface area contributed by atoms with Crippen molar-refractivity contribution in [3.8, 4) is 0 Å². The van der Waals surface area contributed by atoms with E-state index in [9.17, 15) is 9.59 Å². The average Bonchev–Trinajstić information content (AvgIpc) is 2.95. The van der Waals surface area contributed by atoms with Gasteiger partial charge in [0.2, 0.25) is 0 Å². The van der Waals surface area contributed by atoms with Crippen molar-refractivity contribution in [1.29, 1.82) is 0 Å². The van der Waals surface area contributed by atoms with E-state index in [1.165, 1.54) is 0 Å². The molecule has 0 aliphatic carbocycles. The second kappa shape index (κ2) is 5.77. The fourth-order valence-corrected chi connectivity index (χ4v) is 2.86. The molecule has 108 valence electrons. The zero-order valence-electron chi connectivity index (χ0n) is 11.4. The number of carbonyl (C=O) groups is 2. The predicted octanol–water partition coefficient (Wildman–Crippen LogP) is 1.20. The molecule has 2 heterocycles. The fourth-order valence-electron chi connectivity index (χ4n) is 2.86. The second-order valence-corrected chi connectivity index (χ2v) is 5.65. The van der Waals surface area contributed by atoms with Crippen molar-refractivity contribution in [3.05, 3.63) is 0 Å². The van der Waals surface area contributed by atoms with Crippen molar-refractivity contribution < 1.29 is 19.4 Å². The summed E-state index contributed by atoms with van der Waals surface area (Å²) in [5.74, 6) is -0.851. The SMILES string of the molecule is CC1(CNC(=O)N2CCCC2CC(=O)O)CCCO1. The quantitative estimate of drug-likeness (QED) is 0.804. The van der Waals surface area contributed by atoms with Gasteiger partial charge in [-0.05, 0) is 32.6 Å². The van der Waals surface area contributed by atoms with Crippen LogP contribution < -0.4 is 5.32 Å². The summed E-state index contributed by atoms with van der Waals surface area (Å²) in [6.45, 7) is 3.88. The summed E-state index contributed by atoms with van der Waals surface area (Å²) in [5, 5.41) is 11.7. The summed E-state index contributed by atoms with van der Waals surface area (Å²) in [5.41, 5.74) is -0.266. The Labute approximate surface area is 113 Å². The van der Waals surface area contributed by atoms with Crippen LogP contribution >= 0.6 is 0 Å². The molecule has 0 aromatic rings. The largest absolute Gasteiger partial charge is 0.481 e. The highest BCUT2D eigenvalue weighted by molar-refractivity contribution is 5.76. The van der Waals surface area contributed by atoms with Crippen molar-refractivity contribution in [2.24, 2.45) is 0 Å². The molecule has 2 N–H and O–H groups in total. The highest BCUT2D eigenvalue weighted by atomic mass is 16.5. The molecule has 19 heavy (non-hydrogen) atoms. The number of hydrogen-bond acceptors (Lipinski definition) is 3. The van der Waals surface area contributed by atoms with Crippen LogP contribution in [-0.2, 0) is 9.53 Å². The van der Waals surface area contributed by atoms with Crippen LogP contribution in [0.3, 0.4) is 0 Å². The first-order valence-electron chi connectivity index (χ1n) is 6.90. The second-order valence-electron chi connectivity index (χ2n) is 5.65. The van der Waals surface area contributed by atoms with Crippen molar-refractivity contribution in [2.75, 3.05) is 19.7 Å². The van der Waals surface area contributed by atoms with Gasteiger partial charge < -0.3 is 20.1 Å². The maximum atomic E-state index is 12.1. The highest BCUT2D eigenvalue weighted by Crippen LogP contribution is 2.24.